The van der Waals surface area contributed by atoms with Gasteiger partial charge in [0.2, 0.25) is 0 Å². The molecule has 0 heterocycles. The summed E-state index contributed by atoms with van der Waals surface area (Å²) in [4.78, 5) is 12.1. The molecule has 1 aliphatic carbocycles. The third-order valence-electron chi connectivity index (χ3n) is 3.58. The largest absolute Gasteiger partial charge is 0.493 e. The van der Waals surface area contributed by atoms with Crippen LogP contribution in [0.1, 0.15) is 48.0 Å². The van der Waals surface area contributed by atoms with Crippen molar-refractivity contribution in [1.29, 1.82) is 0 Å². The Bertz CT molecular complexity index is 652. The maximum absolute atomic E-state index is 12.1. The quantitative estimate of drug-likeness (QED) is 0.751. The number of unbranched alkanes of at least 4 members (excludes halogenated alkanes) is 1. The van der Waals surface area contributed by atoms with Crippen molar-refractivity contribution < 1.29 is 17.9 Å². The van der Waals surface area contributed by atoms with Crippen molar-refractivity contribution in [3.05, 3.63) is 28.3 Å². The highest BCUT2D eigenvalue weighted by molar-refractivity contribution is 7.90. The Morgan fingerprint density at radius 3 is 2.71 bits per heavy atom. The van der Waals surface area contributed by atoms with Gasteiger partial charge in [-0.1, -0.05) is 18.5 Å². The van der Waals surface area contributed by atoms with Crippen LogP contribution in [-0.4, -0.2) is 32.8 Å². The number of hydrogen-bond acceptors (Lipinski definition) is 4. The van der Waals surface area contributed by atoms with Gasteiger partial charge in [0.25, 0.3) is 0 Å². The van der Waals surface area contributed by atoms with Crippen molar-refractivity contribution in [2.24, 2.45) is 0 Å². The van der Waals surface area contributed by atoms with Crippen LogP contribution in [0.5, 0.6) is 5.75 Å². The molecule has 1 unspecified atom stereocenters. The molecule has 1 aromatic carbocycles. The average molecular weight is 331 g/mol. The van der Waals surface area contributed by atoms with Crippen LogP contribution in [0.2, 0.25) is 5.02 Å². The third-order valence-corrected chi connectivity index (χ3v) is 4.94. The molecule has 6 heteroatoms. The molecule has 0 aromatic heterocycles. The highest BCUT2D eigenvalue weighted by Crippen LogP contribution is 2.42. The Kier molecular flexibility index (Phi) is 4.94. The smallest absolute Gasteiger partial charge is 0.167 e. The number of benzene rings is 1. The van der Waals surface area contributed by atoms with Gasteiger partial charge in [0.05, 0.1) is 17.9 Å². The number of sulfone groups is 1. The first-order valence-corrected chi connectivity index (χ1v) is 9.39. The molecule has 0 saturated carbocycles. The number of ether oxygens (including phenoxy) is 1. The maximum atomic E-state index is 12.1. The van der Waals surface area contributed by atoms with Crippen LogP contribution in [-0.2, 0) is 9.84 Å². The first-order valence-electron chi connectivity index (χ1n) is 6.95. The molecule has 0 saturated heterocycles. The number of Topliss-reactive ketones (excluding diaryl/α,β-unsaturated/α-hetero) is 1. The highest BCUT2D eigenvalue weighted by Gasteiger charge is 2.31. The van der Waals surface area contributed by atoms with Crippen molar-refractivity contribution in [1.82, 2.24) is 0 Å². The van der Waals surface area contributed by atoms with Gasteiger partial charge in [-0.05, 0) is 36.5 Å². The van der Waals surface area contributed by atoms with Crippen LogP contribution < -0.4 is 4.74 Å². The highest BCUT2D eigenvalue weighted by atomic mass is 35.5. The van der Waals surface area contributed by atoms with Crippen LogP contribution in [0.15, 0.2) is 12.1 Å². The summed E-state index contributed by atoms with van der Waals surface area (Å²) in [6, 6.07) is 3.47. The van der Waals surface area contributed by atoms with Crippen molar-refractivity contribution >= 4 is 27.2 Å². The molecule has 0 aliphatic heterocycles. The van der Waals surface area contributed by atoms with Gasteiger partial charge in [0.15, 0.2) is 5.78 Å². The standard InChI is InChI=1S/C15H19ClO4S/c1-10-9-12(17)15-13(6-5-11(16)14(10)15)20-7-3-4-8-21(2,18)19/h5-6,10H,3-4,7-9H2,1-2H3. The van der Waals surface area contributed by atoms with Gasteiger partial charge in [-0.2, -0.15) is 0 Å². The summed E-state index contributed by atoms with van der Waals surface area (Å²) in [5, 5.41) is 0.604. The summed E-state index contributed by atoms with van der Waals surface area (Å²) in [6.45, 7) is 2.37. The first-order chi connectivity index (χ1) is 9.79. The van der Waals surface area contributed by atoms with Crippen molar-refractivity contribution in [2.45, 2.75) is 32.1 Å². The van der Waals surface area contributed by atoms with E-state index in [9.17, 15) is 13.2 Å². The maximum Gasteiger partial charge on any atom is 0.167 e. The number of carbonyl (C=O) groups is 1. The Hall–Kier alpha value is -1.07. The Morgan fingerprint density at radius 1 is 1.33 bits per heavy atom. The Labute approximate surface area is 130 Å². The lowest BCUT2D eigenvalue weighted by Crippen LogP contribution is -2.07. The minimum absolute atomic E-state index is 0.0612. The molecular weight excluding hydrogens is 312 g/mol. The lowest BCUT2D eigenvalue weighted by Gasteiger charge is -2.12. The summed E-state index contributed by atoms with van der Waals surface area (Å²) in [6.07, 6.45) is 2.87. The van der Waals surface area contributed by atoms with Crippen LogP contribution in [0, 0.1) is 0 Å². The van der Waals surface area contributed by atoms with E-state index in [-0.39, 0.29) is 17.5 Å². The van der Waals surface area contributed by atoms with Gasteiger partial charge in [-0.3, -0.25) is 4.79 Å². The Morgan fingerprint density at radius 2 is 2.05 bits per heavy atom. The molecule has 4 nitrogen and oxygen atoms in total. The number of carbonyl (C=O) groups excluding carboxylic acids is 1. The fourth-order valence-electron chi connectivity index (χ4n) is 2.59. The molecule has 1 atom stereocenters. The summed E-state index contributed by atoms with van der Waals surface area (Å²) >= 11 is 6.16. The summed E-state index contributed by atoms with van der Waals surface area (Å²) in [5.41, 5.74) is 1.47. The van der Waals surface area contributed by atoms with Crippen LogP contribution in [0.25, 0.3) is 0 Å². The summed E-state index contributed by atoms with van der Waals surface area (Å²) < 4.78 is 27.7. The normalized spacial score (nSPS) is 17.9. The molecule has 0 bridgehead atoms. The van der Waals surface area contributed by atoms with Crippen molar-refractivity contribution in [3.63, 3.8) is 0 Å². The van der Waals surface area contributed by atoms with E-state index in [1.807, 2.05) is 6.92 Å². The van der Waals surface area contributed by atoms with E-state index in [0.29, 0.717) is 42.2 Å². The van der Waals surface area contributed by atoms with Gasteiger partial charge < -0.3 is 4.74 Å². The van der Waals surface area contributed by atoms with Crippen LogP contribution in [0.3, 0.4) is 0 Å². The van der Waals surface area contributed by atoms with E-state index in [2.05, 4.69) is 0 Å². The molecule has 0 N–H and O–H groups in total. The summed E-state index contributed by atoms with van der Waals surface area (Å²) in [7, 11) is -2.93. The lowest BCUT2D eigenvalue weighted by atomic mass is 10.0. The third kappa shape index (κ3) is 3.98. The Balaban J connectivity index is 2.01. The molecule has 0 radical (unpaired) electrons. The number of rotatable bonds is 6. The van der Waals surface area contributed by atoms with E-state index in [1.165, 1.54) is 6.26 Å². The molecule has 21 heavy (non-hydrogen) atoms. The zero-order valence-electron chi connectivity index (χ0n) is 12.2. The van der Waals surface area contributed by atoms with Crippen molar-refractivity contribution in [3.8, 4) is 5.75 Å². The van der Waals surface area contributed by atoms with Crippen LogP contribution >= 0.6 is 11.6 Å². The van der Waals surface area contributed by atoms with Crippen LogP contribution in [0.4, 0.5) is 0 Å². The predicted molar refractivity (Wildman–Crippen MR) is 83.3 cm³/mol. The molecule has 1 aromatic rings. The number of hydrogen-bond donors (Lipinski definition) is 0. The molecule has 0 spiro atoms. The van der Waals surface area contributed by atoms with E-state index in [0.717, 1.165) is 5.56 Å². The monoisotopic (exact) mass is 330 g/mol. The van der Waals surface area contributed by atoms with E-state index in [1.54, 1.807) is 12.1 Å². The van der Waals surface area contributed by atoms with Crippen molar-refractivity contribution in [2.75, 3.05) is 18.6 Å². The summed E-state index contributed by atoms with van der Waals surface area (Å²) in [5.74, 6) is 0.897. The lowest BCUT2D eigenvalue weighted by molar-refractivity contribution is 0.0986. The molecular formula is C15H19ClO4S. The second-order valence-electron chi connectivity index (χ2n) is 5.55. The van der Waals surface area contributed by atoms with E-state index in [4.69, 9.17) is 16.3 Å². The van der Waals surface area contributed by atoms with Gasteiger partial charge in [0, 0.05) is 17.7 Å². The minimum atomic E-state index is -2.93. The molecule has 2 rings (SSSR count). The molecule has 0 amide bonds. The fraction of sp³-hybridized carbons (Fsp3) is 0.533. The zero-order valence-corrected chi connectivity index (χ0v) is 13.8. The van der Waals surface area contributed by atoms with E-state index < -0.39 is 9.84 Å². The molecule has 0 fully saturated rings. The number of fused-ring (bicyclic) bond motifs is 1. The zero-order chi connectivity index (χ0) is 15.6. The molecule has 1 aliphatic rings. The second kappa shape index (κ2) is 6.36. The molecule has 116 valence electrons. The number of halogens is 1. The second-order valence-corrected chi connectivity index (χ2v) is 8.21. The average Bonchev–Trinajstić information content (AvgIpc) is 2.67. The minimum Gasteiger partial charge on any atom is -0.493 e. The predicted octanol–water partition coefficient (Wildman–Crippen LogP) is 3.23. The van der Waals surface area contributed by atoms with E-state index >= 15 is 0 Å². The van der Waals surface area contributed by atoms with Gasteiger partial charge in [-0.15, -0.1) is 0 Å². The van der Waals surface area contributed by atoms with Gasteiger partial charge in [-0.25, -0.2) is 8.42 Å². The first kappa shape index (κ1) is 16.3. The fourth-order valence-corrected chi connectivity index (χ4v) is 3.67. The topological polar surface area (TPSA) is 60.4 Å². The SMILES string of the molecule is CC1CC(=O)c2c(OCCCCS(C)(=O)=O)ccc(Cl)c21. The van der Waals surface area contributed by atoms with Gasteiger partial charge in [0.1, 0.15) is 15.6 Å². The van der Waals surface area contributed by atoms with Gasteiger partial charge >= 0.3 is 0 Å². The number of ketones is 1.